The smallest absolute Gasteiger partial charge is 0.110 e. The highest BCUT2D eigenvalue weighted by Crippen LogP contribution is 2.26. The summed E-state index contributed by atoms with van der Waals surface area (Å²) in [5.74, 6) is 1.09. The molecule has 0 saturated heterocycles. The van der Waals surface area contributed by atoms with Crippen molar-refractivity contribution in [2.24, 2.45) is 12.5 Å². The topological polar surface area (TPSA) is 39.1 Å². The van der Waals surface area contributed by atoms with Crippen LogP contribution in [0, 0.1) is 5.41 Å². The number of nitrogens with zero attached hydrogens (tertiary/aromatic N) is 2. The normalized spacial score (nSPS) is 15.7. The second-order valence-electron chi connectivity index (χ2n) is 5.84. The van der Waals surface area contributed by atoms with Crippen LogP contribution in [0.5, 0.6) is 0 Å². The van der Waals surface area contributed by atoms with E-state index in [1.54, 1.807) is 7.11 Å². The Labute approximate surface area is 111 Å². The Kier molecular flexibility index (Phi) is 5.35. The third-order valence-corrected chi connectivity index (χ3v) is 3.26. The summed E-state index contributed by atoms with van der Waals surface area (Å²) in [6.07, 6.45) is 4.87. The number of hydrogen-bond donors (Lipinski definition) is 1. The Balaban J connectivity index is 2.84. The molecule has 2 unspecified atom stereocenters. The number of nitrogens with one attached hydrogen (secondary N) is 1. The molecule has 1 aromatic heterocycles. The molecule has 2 atom stereocenters. The number of ether oxygens (including phenoxy) is 1. The maximum absolute atomic E-state index is 5.72. The van der Waals surface area contributed by atoms with Crippen molar-refractivity contribution in [1.82, 2.24) is 14.9 Å². The van der Waals surface area contributed by atoms with Gasteiger partial charge in [-0.05, 0) is 12.0 Å². The van der Waals surface area contributed by atoms with Crippen LogP contribution in [-0.4, -0.2) is 35.4 Å². The molecule has 18 heavy (non-hydrogen) atoms. The summed E-state index contributed by atoms with van der Waals surface area (Å²) in [6.45, 7) is 9.70. The number of methoxy groups -OCH3 is 1. The lowest BCUT2D eigenvalue weighted by molar-refractivity contribution is -0.0112. The van der Waals surface area contributed by atoms with Gasteiger partial charge in [0.1, 0.15) is 5.82 Å². The third-order valence-electron chi connectivity index (χ3n) is 3.26. The fraction of sp³-hybridized carbons (Fsp3) is 0.786. The van der Waals surface area contributed by atoms with Gasteiger partial charge in [0.05, 0.1) is 6.10 Å². The largest absolute Gasteiger partial charge is 0.379 e. The first-order valence-electron chi connectivity index (χ1n) is 6.62. The van der Waals surface area contributed by atoms with Gasteiger partial charge < -0.3 is 14.6 Å². The monoisotopic (exact) mass is 253 g/mol. The molecule has 1 aromatic rings. The molecule has 104 valence electrons. The van der Waals surface area contributed by atoms with Crippen LogP contribution in [0.25, 0.3) is 0 Å². The van der Waals surface area contributed by atoms with Crippen molar-refractivity contribution in [3.8, 4) is 0 Å². The fourth-order valence-corrected chi connectivity index (χ4v) is 2.46. The predicted molar refractivity (Wildman–Crippen MR) is 74.6 cm³/mol. The second-order valence-corrected chi connectivity index (χ2v) is 5.84. The summed E-state index contributed by atoms with van der Waals surface area (Å²) in [5.41, 5.74) is 0.104. The van der Waals surface area contributed by atoms with Crippen molar-refractivity contribution < 1.29 is 4.74 Å². The third kappa shape index (κ3) is 3.82. The van der Waals surface area contributed by atoms with Gasteiger partial charge in [-0.25, -0.2) is 4.98 Å². The molecule has 0 spiro atoms. The Morgan fingerprint density at radius 1 is 1.44 bits per heavy atom. The summed E-state index contributed by atoms with van der Waals surface area (Å²) in [4.78, 5) is 4.40. The number of aryl methyl sites for hydroxylation is 1. The molecule has 0 aliphatic heterocycles. The minimum absolute atomic E-state index is 0.104. The summed E-state index contributed by atoms with van der Waals surface area (Å²) in [7, 11) is 3.82. The fourth-order valence-electron chi connectivity index (χ4n) is 2.46. The molecular formula is C14H27N3O. The van der Waals surface area contributed by atoms with Gasteiger partial charge in [0.2, 0.25) is 0 Å². The van der Waals surface area contributed by atoms with Gasteiger partial charge in [0, 0.05) is 39.0 Å². The second kappa shape index (κ2) is 6.34. The molecule has 1 heterocycles. The predicted octanol–water partition coefficient (Wildman–Crippen LogP) is 2.00. The van der Waals surface area contributed by atoms with E-state index in [2.05, 4.69) is 42.6 Å². The average Bonchev–Trinajstić information content (AvgIpc) is 2.63. The number of hydrogen-bond acceptors (Lipinski definition) is 3. The Hall–Kier alpha value is -0.870. The summed E-state index contributed by atoms with van der Waals surface area (Å²) < 4.78 is 7.79. The molecule has 0 aromatic carbocycles. The quantitative estimate of drug-likeness (QED) is 0.843. The van der Waals surface area contributed by atoms with E-state index in [0.717, 1.165) is 18.8 Å². The van der Waals surface area contributed by atoms with E-state index >= 15 is 0 Å². The van der Waals surface area contributed by atoms with E-state index in [0.29, 0.717) is 0 Å². The minimum Gasteiger partial charge on any atom is -0.379 e. The average molecular weight is 253 g/mol. The van der Waals surface area contributed by atoms with Crippen molar-refractivity contribution in [2.45, 2.75) is 46.3 Å². The van der Waals surface area contributed by atoms with Gasteiger partial charge in [0.15, 0.2) is 0 Å². The van der Waals surface area contributed by atoms with E-state index in [-0.39, 0.29) is 17.6 Å². The van der Waals surface area contributed by atoms with E-state index < -0.39 is 0 Å². The summed E-state index contributed by atoms with van der Waals surface area (Å²) in [5, 5.41) is 3.53. The SMILES string of the molecule is CCNC(Cc1nccn1C)C(OC)C(C)(C)C. The molecule has 0 amide bonds. The van der Waals surface area contributed by atoms with Crippen molar-refractivity contribution in [3.05, 3.63) is 18.2 Å². The van der Waals surface area contributed by atoms with Crippen LogP contribution in [0.3, 0.4) is 0 Å². The van der Waals surface area contributed by atoms with Crippen molar-refractivity contribution >= 4 is 0 Å². The zero-order valence-electron chi connectivity index (χ0n) is 12.5. The molecule has 1 N–H and O–H groups in total. The van der Waals surface area contributed by atoms with E-state index in [4.69, 9.17) is 4.74 Å². The molecule has 1 rings (SSSR count). The van der Waals surface area contributed by atoms with Crippen LogP contribution in [-0.2, 0) is 18.2 Å². The molecule has 4 heteroatoms. The molecule has 0 aliphatic carbocycles. The van der Waals surface area contributed by atoms with Crippen molar-refractivity contribution in [3.63, 3.8) is 0 Å². The van der Waals surface area contributed by atoms with Crippen LogP contribution < -0.4 is 5.32 Å². The number of aromatic nitrogens is 2. The molecule has 0 bridgehead atoms. The number of likely N-dealkylation sites (N-methyl/N-ethyl adjacent to an activating group) is 1. The van der Waals surface area contributed by atoms with Gasteiger partial charge in [0.25, 0.3) is 0 Å². The maximum atomic E-state index is 5.72. The highest BCUT2D eigenvalue weighted by molar-refractivity contribution is 4.98. The summed E-state index contributed by atoms with van der Waals surface area (Å²) >= 11 is 0. The molecule has 0 fully saturated rings. The Morgan fingerprint density at radius 2 is 2.11 bits per heavy atom. The lowest BCUT2D eigenvalue weighted by atomic mass is 9.83. The Morgan fingerprint density at radius 3 is 2.50 bits per heavy atom. The molecule has 4 nitrogen and oxygen atoms in total. The first-order chi connectivity index (χ1) is 8.40. The summed E-state index contributed by atoms with van der Waals surface area (Å²) in [6, 6.07) is 0.279. The molecule has 0 radical (unpaired) electrons. The first kappa shape index (κ1) is 15.2. The lowest BCUT2D eigenvalue weighted by Gasteiger charge is -2.36. The zero-order valence-corrected chi connectivity index (χ0v) is 12.5. The van der Waals surface area contributed by atoms with E-state index in [1.165, 1.54) is 0 Å². The molecule has 0 saturated carbocycles. The first-order valence-corrected chi connectivity index (χ1v) is 6.62. The number of imidazole rings is 1. The zero-order chi connectivity index (χ0) is 13.8. The lowest BCUT2D eigenvalue weighted by Crippen LogP contribution is -2.49. The van der Waals surface area contributed by atoms with Crippen molar-refractivity contribution in [2.75, 3.05) is 13.7 Å². The van der Waals surface area contributed by atoms with Gasteiger partial charge in [-0.3, -0.25) is 0 Å². The maximum Gasteiger partial charge on any atom is 0.110 e. The van der Waals surface area contributed by atoms with Gasteiger partial charge in [-0.15, -0.1) is 0 Å². The van der Waals surface area contributed by atoms with Crippen LogP contribution in [0.4, 0.5) is 0 Å². The van der Waals surface area contributed by atoms with Crippen molar-refractivity contribution in [1.29, 1.82) is 0 Å². The molecule has 0 aliphatic rings. The standard InChI is InChI=1S/C14H27N3O/c1-7-15-11(13(18-6)14(2,3)4)10-12-16-8-9-17(12)5/h8-9,11,13,15H,7,10H2,1-6H3. The van der Waals surface area contributed by atoms with Crippen LogP contribution in [0.2, 0.25) is 0 Å². The van der Waals surface area contributed by atoms with E-state index in [9.17, 15) is 0 Å². The Bertz CT molecular complexity index is 354. The minimum atomic E-state index is 0.104. The number of rotatable bonds is 6. The highest BCUT2D eigenvalue weighted by Gasteiger charge is 2.32. The molecular weight excluding hydrogens is 226 g/mol. The van der Waals surface area contributed by atoms with Gasteiger partial charge in [-0.1, -0.05) is 27.7 Å². The van der Waals surface area contributed by atoms with E-state index in [1.807, 2.05) is 19.4 Å². The van der Waals surface area contributed by atoms with Gasteiger partial charge in [-0.2, -0.15) is 0 Å². The highest BCUT2D eigenvalue weighted by atomic mass is 16.5. The van der Waals surface area contributed by atoms with Crippen LogP contribution in [0.15, 0.2) is 12.4 Å². The van der Waals surface area contributed by atoms with Crippen LogP contribution in [0.1, 0.15) is 33.5 Å². The van der Waals surface area contributed by atoms with Gasteiger partial charge >= 0.3 is 0 Å². The van der Waals surface area contributed by atoms with Crippen LogP contribution >= 0.6 is 0 Å².